The number of hydrogen-bond donors (Lipinski definition) is 1. The molecule has 3 heteroatoms. The molecule has 0 aliphatic carbocycles. The van der Waals surface area contributed by atoms with Crippen LogP contribution in [0.3, 0.4) is 0 Å². The van der Waals surface area contributed by atoms with Gasteiger partial charge in [0.1, 0.15) is 6.10 Å². The lowest BCUT2D eigenvalue weighted by Crippen LogP contribution is -2.16. The molecule has 1 unspecified atom stereocenters. The zero-order chi connectivity index (χ0) is 10.8. The average molecular weight is 202 g/mol. The highest BCUT2D eigenvalue weighted by molar-refractivity contribution is 5.66. The van der Waals surface area contributed by atoms with E-state index in [1.54, 1.807) is 0 Å². The fourth-order valence-corrected chi connectivity index (χ4v) is 1.41. The summed E-state index contributed by atoms with van der Waals surface area (Å²) in [5.41, 5.74) is 0. The summed E-state index contributed by atoms with van der Waals surface area (Å²) in [6.45, 7) is 3.80. The van der Waals surface area contributed by atoms with Gasteiger partial charge in [-0.2, -0.15) is 0 Å². The van der Waals surface area contributed by atoms with Crippen LogP contribution >= 0.6 is 0 Å². The van der Waals surface area contributed by atoms with Gasteiger partial charge in [-0.15, -0.1) is 0 Å². The minimum absolute atomic E-state index is 0.0546. The Morgan fingerprint density at radius 1 is 1.29 bits per heavy atom. The summed E-state index contributed by atoms with van der Waals surface area (Å²) in [5, 5.41) is 8.63. The maximum absolute atomic E-state index is 10.8. The van der Waals surface area contributed by atoms with Crippen molar-refractivity contribution < 1.29 is 14.6 Å². The van der Waals surface area contributed by atoms with Crippen molar-refractivity contribution in [3.05, 3.63) is 0 Å². The Labute approximate surface area is 86.5 Å². The molecule has 0 aromatic carbocycles. The first-order valence-corrected chi connectivity index (χ1v) is 5.48. The summed E-state index contributed by atoms with van der Waals surface area (Å²) in [5.74, 6) is -0.199. The molecule has 0 aromatic rings. The SMILES string of the molecule is CCCCC(CCCCO)OC(C)=O. The van der Waals surface area contributed by atoms with Crippen molar-refractivity contribution in [2.24, 2.45) is 0 Å². The lowest BCUT2D eigenvalue weighted by atomic mass is 10.1. The molecule has 0 radical (unpaired) electrons. The molecule has 0 saturated carbocycles. The summed E-state index contributed by atoms with van der Waals surface area (Å²) in [4.78, 5) is 10.8. The van der Waals surface area contributed by atoms with Gasteiger partial charge in [0.25, 0.3) is 0 Å². The molecule has 1 atom stereocenters. The first-order valence-electron chi connectivity index (χ1n) is 5.48. The third kappa shape index (κ3) is 8.05. The molecule has 0 aliphatic rings. The van der Waals surface area contributed by atoms with Crippen LogP contribution in [-0.4, -0.2) is 23.8 Å². The van der Waals surface area contributed by atoms with Crippen LogP contribution in [-0.2, 0) is 9.53 Å². The van der Waals surface area contributed by atoms with Crippen LogP contribution in [0, 0.1) is 0 Å². The predicted molar refractivity (Wildman–Crippen MR) is 56.0 cm³/mol. The van der Waals surface area contributed by atoms with Crippen LogP contribution in [0.2, 0.25) is 0 Å². The molecular formula is C11H22O3. The van der Waals surface area contributed by atoms with Gasteiger partial charge in [-0.05, 0) is 25.7 Å². The van der Waals surface area contributed by atoms with Gasteiger partial charge < -0.3 is 9.84 Å². The Kier molecular flexibility index (Phi) is 8.64. The van der Waals surface area contributed by atoms with E-state index in [1.807, 2.05) is 0 Å². The highest BCUT2D eigenvalue weighted by Crippen LogP contribution is 2.12. The maximum Gasteiger partial charge on any atom is 0.302 e. The molecule has 0 rings (SSSR count). The summed E-state index contributed by atoms with van der Waals surface area (Å²) >= 11 is 0. The smallest absolute Gasteiger partial charge is 0.302 e. The molecule has 0 aromatic heterocycles. The molecule has 0 bridgehead atoms. The number of ether oxygens (including phenoxy) is 1. The van der Waals surface area contributed by atoms with Crippen molar-refractivity contribution >= 4 is 5.97 Å². The lowest BCUT2D eigenvalue weighted by Gasteiger charge is -2.16. The Hall–Kier alpha value is -0.570. The Bertz CT molecular complexity index is 145. The highest BCUT2D eigenvalue weighted by atomic mass is 16.5. The van der Waals surface area contributed by atoms with Crippen molar-refractivity contribution in [1.29, 1.82) is 0 Å². The van der Waals surface area contributed by atoms with Gasteiger partial charge in [-0.1, -0.05) is 19.8 Å². The first kappa shape index (κ1) is 13.4. The minimum Gasteiger partial charge on any atom is -0.463 e. The second-order valence-corrected chi connectivity index (χ2v) is 3.59. The van der Waals surface area contributed by atoms with Gasteiger partial charge in [-0.3, -0.25) is 4.79 Å². The molecule has 0 saturated heterocycles. The fourth-order valence-electron chi connectivity index (χ4n) is 1.41. The highest BCUT2D eigenvalue weighted by Gasteiger charge is 2.10. The summed E-state index contributed by atoms with van der Waals surface area (Å²) < 4.78 is 5.18. The van der Waals surface area contributed by atoms with Crippen LogP contribution in [0.4, 0.5) is 0 Å². The Balaban J connectivity index is 3.66. The number of esters is 1. The third-order valence-corrected chi connectivity index (χ3v) is 2.15. The standard InChI is InChI=1S/C11H22O3/c1-3-4-7-11(14-10(2)13)8-5-6-9-12/h11-12H,3-9H2,1-2H3. The van der Waals surface area contributed by atoms with E-state index in [1.165, 1.54) is 6.92 Å². The first-order chi connectivity index (χ1) is 6.70. The maximum atomic E-state index is 10.8. The summed E-state index contributed by atoms with van der Waals surface area (Å²) in [6, 6.07) is 0. The van der Waals surface area contributed by atoms with E-state index in [0.29, 0.717) is 0 Å². The Morgan fingerprint density at radius 2 is 1.93 bits per heavy atom. The Morgan fingerprint density at radius 3 is 2.43 bits per heavy atom. The molecule has 14 heavy (non-hydrogen) atoms. The van der Waals surface area contributed by atoms with Gasteiger partial charge in [0.2, 0.25) is 0 Å². The molecule has 0 amide bonds. The predicted octanol–water partition coefficient (Wildman–Crippen LogP) is 2.27. The van der Waals surface area contributed by atoms with Gasteiger partial charge in [0.15, 0.2) is 0 Å². The summed E-state index contributed by atoms with van der Waals surface area (Å²) in [7, 11) is 0. The monoisotopic (exact) mass is 202 g/mol. The second-order valence-electron chi connectivity index (χ2n) is 3.59. The fraction of sp³-hybridized carbons (Fsp3) is 0.909. The number of unbranched alkanes of at least 4 members (excludes halogenated alkanes) is 2. The van der Waals surface area contributed by atoms with E-state index in [9.17, 15) is 4.79 Å². The van der Waals surface area contributed by atoms with Crippen LogP contribution in [0.5, 0.6) is 0 Å². The van der Waals surface area contributed by atoms with E-state index < -0.39 is 0 Å². The van der Waals surface area contributed by atoms with Crippen LogP contribution in [0.25, 0.3) is 0 Å². The van der Waals surface area contributed by atoms with Crippen molar-refractivity contribution in [1.82, 2.24) is 0 Å². The normalized spacial score (nSPS) is 12.5. The van der Waals surface area contributed by atoms with Crippen LogP contribution in [0.15, 0.2) is 0 Å². The van der Waals surface area contributed by atoms with E-state index in [-0.39, 0.29) is 18.7 Å². The van der Waals surface area contributed by atoms with E-state index >= 15 is 0 Å². The van der Waals surface area contributed by atoms with Crippen LogP contribution in [0.1, 0.15) is 52.4 Å². The van der Waals surface area contributed by atoms with E-state index in [2.05, 4.69) is 6.92 Å². The zero-order valence-corrected chi connectivity index (χ0v) is 9.29. The van der Waals surface area contributed by atoms with Crippen molar-refractivity contribution in [3.63, 3.8) is 0 Å². The largest absolute Gasteiger partial charge is 0.463 e. The van der Waals surface area contributed by atoms with Gasteiger partial charge in [-0.25, -0.2) is 0 Å². The zero-order valence-electron chi connectivity index (χ0n) is 9.29. The molecule has 0 spiro atoms. The molecular weight excluding hydrogens is 180 g/mol. The third-order valence-electron chi connectivity index (χ3n) is 2.15. The van der Waals surface area contributed by atoms with Gasteiger partial charge in [0.05, 0.1) is 0 Å². The number of rotatable bonds is 8. The van der Waals surface area contributed by atoms with Crippen molar-refractivity contribution in [2.75, 3.05) is 6.61 Å². The molecule has 0 heterocycles. The number of carbonyl (C=O) groups is 1. The number of aliphatic hydroxyl groups excluding tert-OH is 1. The average Bonchev–Trinajstić information content (AvgIpc) is 2.13. The molecule has 3 nitrogen and oxygen atoms in total. The lowest BCUT2D eigenvalue weighted by molar-refractivity contribution is -0.147. The van der Waals surface area contributed by atoms with Crippen molar-refractivity contribution in [3.8, 4) is 0 Å². The van der Waals surface area contributed by atoms with E-state index in [0.717, 1.165) is 38.5 Å². The van der Waals surface area contributed by atoms with Crippen LogP contribution < -0.4 is 0 Å². The molecule has 1 N–H and O–H groups in total. The molecule has 84 valence electrons. The van der Waals surface area contributed by atoms with E-state index in [4.69, 9.17) is 9.84 Å². The quantitative estimate of drug-likeness (QED) is 0.485. The molecule has 0 aliphatic heterocycles. The number of hydrogen-bond acceptors (Lipinski definition) is 3. The second kappa shape index (κ2) is 9.00. The summed E-state index contributed by atoms with van der Waals surface area (Å²) in [6.07, 6.45) is 5.82. The van der Waals surface area contributed by atoms with Crippen molar-refractivity contribution in [2.45, 2.75) is 58.5 Å². The topological polar surface area (TPSA) is 46.5 Å². The number of aliphatic hydroxyl groups is 1. The minimum atomic E-state index is -0.199. The number of carbonyl (C=O) groups excluding carboxylic acids is 1. The molecule has 0 fully saturated rings. The van der Waals surface area contributed by atoms with Gasteiger partial charge in [0, 0.05) is 13.5 Å². The van der Waals surface area contributed by atoms with Gasteiger partial charge >= 0.3 is 5.97 Å².